The third-order valence-corrected chi connectivity index (χ3v) is 1.82. The summed E-state index contributed by atoms with van der Waals surface area (Å²) >= 11 is 0. The van der Waals surface area contributed by atoms with Crippen molar-refractivity contribution >= 4 is 0 Å². The van der Waals surface area contributed by atoms with Crippen LogP contribution >= 0.6 is 0 Å². The van der Waals surface area contributed by atoms with E-state index in [0.717, 1.165) is 5.70 Å². The van der Waals surface area contributed by atoms with E-state index in [9.17, 15) is 0 Å². The molecule has 1 rings (SSSR count). The van der Waals surface area contributed by atoms with Crippen LogP contribution in [0.5, 0.6) is 0 Å². The van der Waals surface area contributed by atoms with Crippen LogP contribution in [-0.2, 0) is 0 Å². The van der Waals surface area contributed by atoms with Gasteiger partial charge in [-0.15, -0.1) is 0 Å². The molecule has 1 nitrogen and oxygen atoms in total. The smallest absolute Gasteiger partial charge is 0.0379 e. The lowest BCUT2D eigenvalue weighted by Crippen LogP contribution is -2.09. The Morgan fingerprint density at radius 1 is 1.42 bits per heavy atom. The summed E-state index contributed by atoms with van der Waals surface area (Å²) in [5.74, 6) is 0.582. The minimum atomic E-state index is 0.582. The van der Waals surface area contributed by atoms with Crippen LogP contribution in [-0.4, -0.2) is 0 Å². The monoisotopic (exact) mass is 161 g/mol. The predicted molar refractivity (Wildman–Crippen MR) is 53.5 cm³/mol. The third kappa shape index (κ3) is 2.12. The fourth-order valence-electron chi connectivity index (χ4n) is 1.04. The summed E-state index contributed by atoms with van der Waals surface area (Å²) in [7, 11) is 0. The molecular formula is C11H15N. The van der Waals surface area contributed by atoms with Crippen LogP contribution in [0.3, 0.4) is 0 Å². The molecule has 0 amide bonds. The van der Waals surface area contributed by atoms with Crippen molar-refractivity contribution in [3.63, 3.8) is 0 Å². The molecule has 64 valence electrons. The average molecular weight is 161 g/mol. The molecule has 0 radical (unpaired) electrons. The lowest BCUT2D eigenvalue weighted by Gasteiger charge is -2.13. The van der Waals surface area contributed by atoms with Gasteiger partial charge in [-0.2, -0.15) is 0 Å². The number of hydrogen-bond acceptors (Lipinski definition) is 1. The lowest BCUT2D eigenvalue weighted by molar-refractivity contribution is 0.776. The van der Waals surface area contributed by atoms with Crippen molar-refractivity contribution < 1.29 is 0 Å². The van der Waals surface area contributed by atoms with E-state index in [2.05, 4.69) is 37.9 Å². The summed E-state index contributed by atoms with van der Waals surface area (Å²) in [6.45, 7) is 8.00. The predicted octanol–water partition coefficient (Wildman–Crippen LogP) is 2.76. The Balaban J connectivity index is 2.67. The van der Waals surface area contributed by atoms with Crippen molar-refractivity contribution in [1.82, 2.24) is 5.32 Å². The molecule has 1 aliphatic rings. The van der Waals surface area contributed by atoms with Gasteiger partial charge >= 0.3 is 0 Å². The largest absolute Gasteiger partial charge is 0.361 e. The molecule has 12 heavy (non-hydrogen) atoms. The molecule has 1 N–H and O–H groups in total. The molecule has 1 aliphatic heterocycles. The van der Waals surface area contributed by atoms with E-state index in [0.29, 0.717) is 5.92 Å². The molecule has 0 spiro atoms. The molecule has 0 fully saturated rings. The molecule has 1 heteroatoms. The molecule has 0 aromatic carbocycles. The van der Waals surface area contributed by atoms with Crippen LogP contribution in [0.4, 0.5) is 0 Å². The molecule has 0 aliphatic carbocycles. The van der Waals surface area contributed by atoms with E-state index < -0.39 is 0 Å². The van der Waals surface area contributed by atoms with Crippen molar-refractivity contribution in [3.05, 3.63) is 48.4 Å². The first kappa shape index (κ1) is 8.85. The van der Waals surface area contributed by atoms with Gasteiger partial charge in [-0.3, -0.25) is 0 Å². The highest BCUT2D eigenvalue weighted by Gasteiger charge is 2.02. The zero-order valence-electron chi connectivity index (χ0n) is 7.67. The van der Waals surface area contributed by atoms with E-state index in [-0.39, 0.29) is 0 Å². The Bertz CT molecular complexity index is 254. The summed E-state index contributed by atoms with van der Waals surface area (Å²) in [5, 5.41) is 3.19. The molecule has 1 heterocycles. The van der Waals surface area contributed by atoms with E-state index in [1.807, 2.05) is 12.3 Å². The fraction of sp³-hybridized carbons (Fsp3) is 0.273. The molecule has 0 aromatic rings. The highest BCUT2D eigenvalue weighted by atomic mass is 14.9. The summed E-state index contributed by atoms with van der Waals surface area (Å²) in [5.41, 5.74) is 2.42. The van der Waals surface area contributed by atoms with Gasteiger partial charge in [0.05, 0.1) is 0 Å². The van der Waals surface area contributed by atoms with Crippen molar-refractivity contribution in [2.75, 3.05) is 0 Å². The van der Waals surface area contributed by atoms with Gasteiger partial charge in [0.2, 0.25) is 0 Å². The van der Waals surface area contributed by atoms with Crippen molar-refractivity contribution in [3.8, 4) is 0 Å². The summed E-state index contributed by atoms with van der Waals surface area (Å²) < 4.78 is 0. The van der Waals surface area contributed by atoms with Gasteiger partial charge in [0.1, 0.15) is 0 Å². The first-order chi connectivity index (χ1) is 5.74. The first-order valence-electron chi connectivity index (χ1n) is 4.21. The lowest BCUT2D eigenvalue weighted by atomic mass is 10.0. The highest BCUT2D eigenvalue weighted by Crippen LogP contribution is 2.14. The van der Waals surface area contributed by atoms with Gasteiger partial charge in [0.15, 0.2) is 0 Å². The summed E-state index contributed by atoms with van der Waals surface area (Å²) in [4.78, 5) is 0. The Morgan fingerprint density at radius 2 is 2.17 bits per heavy atom. The van der Waals surface area contributed by atoms with Crippen LogP contribution in [0.15, 0.2) is 48.4 Å². The van der Waals surface area contributed by atoms with Gasteiger partial charge in [0, 0.05) is 11.9 Å². The Morgan fingerprint density at radius 3 is 2.58 bits per heavy atom. The summed E-state index contributed by atoms with van der Waals surface area (Å²) in [6, 6.07) is 0. The minimum Gasteiger partial charge on any atom is -0.361 e. The van der Waals surface area contributed by atoms with Crippen LogP contribution in [0.1, 0.15) is 13.8 Å². The normalized spacial score (nSPS) is 19.2. The topological polar surface area (TPSA) is 12.0 Å². The first-order valence-corrected chi connectivity index (χ1v) is 4.21. The SMILES string of the molecule is C=C/C=C1/C=CC(C(C)C)=CN1. The Hall–Kier alpha value is -1.24. The molecule has 0 aromatic heterocycles. The van der Waals surface area contributed by atoms with Crippen molar-refractivity contribution in [2.45, 2.75) is 13.8 Å². The minimum absolute atomic E-state index is 0.582. The average Bonchev–Trinajstić information content (AvgIpc) is 2.06. The number of allylic oxidation sites excluding steroid dienone is 5. The van der Waals surface area contributed by atoms with E-state index >= 15 is 0 Å². The van der Waals surface area contributed by atoms with E-state index in [4.69, 9.17) is 0 Å². The van der Waals surface area contributed by atoms with Gasteiger partial charge in [-0.25, -0.2) is 0 Å². The second-order valence-corrected chi connectivity index (χ2v) is 3.13. The molecular weight excluding hydrogens is 146 g/mol. The van der Waals surface area contributed by atoms with Gasteiger partial charge in [0.25, 0.3) is 0 Å². The molecule has 0 unspecified atom stereocenters. The van der Waals surface area contributed by atoms with Crippen molar-refractivity contribution in [2.24, 2.45) is 5.92 Å². The third-order valence-electron chi connectivity index (χ3n) is 1.82. The van der Waals surface area contributed by atoms with Crippen LogP contribution in [0.2, 0.25) is 0 Å². The maximum Gasteiger partial charge on any atom is 0.0379 e. The molecule has 0 saturated carbocycles. The Labute approximate surface area is 74.2 Å². The molecule has 0 bridgehead atoms. The van der Waals surface area contributed by atoms with Crippen LogP contribution in [0, 0.1) is 5.92 Å². The van der Waals surface area contributed by atoms with E-state index in [1.165, 1.54) is 5.57 Å². The maximum atomic E-state index is 3.64. The van der Waals surface area contributed by atoms with Crippen LogP contribution < -0.4 is 5.32 Å². The number of rotatable bonds is 2. The van der Waals surface area contributed by atoms with Gasteiger partial charge < -0.3 is 5.32 Å². The van der Waals surface area contributed by atoms with Crippen molar-refractivity contribution in [1.29, 1.82) is 0 Å². The van der Waals surface area contributed by atoms with Gasteiger partial charge in [-0.05, 0) is 23.6 Å². The molecule has 0 atom stereocenters. The second-order valence-electron chi connectivity index (χ2n) is 3.13. The number of hydrogen-bond donors (Lipinski definition) is 1. The second kappa shape index (κ2) is 3.96. The summed E-state index contributed by atoms with van der Waals surface area (Å²) in [6.07, 6.45) is 9.97. The highest BCUT2D eigenvalue weighted by molar-refractivity contribution is 5.35. The number of dihydropyridines is 1. The standard InChI is InChI=1S/C11H15N/c1-4-5-11-7-6-10(8-12-11)9(2)3/h4-9,12H,1H2,2-3H3/b11-5-. The van der Waals surface area contributed by atoms with Gasteiger partial charge in [-0.1, -0.05) is 32.6 Å². The quantitative estimate of drug-likeness (QED) is 0.656. The molecule has 0 saturated heterocycles. The fourth-order valence-corrected chi connectivity index (χ4v) is 1.04. The Kier molecular flexibility index (Phi) is 2.92. The maximum absolute atomic E-state index is 3.64. The zero-order chi connectivity index (χ0) is 8.97. The van der Waals surface area contributed by atoms with E-state index in [1.54, 1.807) is 6.08 Å². The number of nitrogens with one attached hydrogen (secondary N) is 1. The van der Waals surface area contributed by atoms with Crippen LogP contribution in [0.25, 0.3) is 0 Å². The zero-order valence-corrected chi connectivity index (χ0v) is 7.67.